The fraction of sp³-hybridized carbons (Fsp3) is 0.471. The van der Waals surface area contributed by atoms with E-state index in [0.29, 0.717) is 13.1 Å². The van der Waals surface area contributed by atoms with Crippen LogP contribution < -0.4 is 0 Å². The Labute approximate surface area is 151 Å². The number of amides is 4. The quantitative estimate of drug-likeness (QED) is 0.744. The first kappa shape index (κ1) is 17.7. The van der Waals surface area contributed by atoms with Gasteiger partial charge in [0.25, 0.3) is 5.91 Å². The average molecular weight is 365 g/mol. The molecule has 0 saturated carbocycles. The lowest BCUT2D eigenvalue weighted by atomic mass is 10.2. The molecule has 0 atom stereocenters. The number of urea groups is 1. The van der Waals surface area contributed by atoms with Crippen molar-refractivity contribution in [3.8, 4) is 0 Å². The molecule has 0 radical (unpaired) electrons. The zero-order valence-corrected chi connectivity index (χ0v) is 14.9. The molecule has 0 aliphatic carbocycles. The van der Waals surface area contributed by atoms with Crippen LogP contribution in [0.15, 0.2) is 24.3 Å². The number of nitrogens with zero attached hydrogens (tertiary/aromatic N) is 4. The second kappa shape index (κ2) is 7.41. The Bertz CT molecular complexity index is 671. The first-order chi connectivity index (χ1) is 11.9. The van der Waals surface area contributed by atoms with Gasteiger partial charge in [-0.3, -0.25) is 19.4 Å². The molecule has 8 heteroatoms. The maximum Gasteiger partial charge on any atom is 0.327 e. The molecule has 3 rings (SSSR count). The zero-order valence-electron chi connectivity index (χ0n) is 14.2. The van der Waals surface area contributed by atoms with Crippen LogP contribution >= 0.6 is 11.6 Å². The summed E-state index contributed by atoms with van der Waals surface area (Å²) in [5.74, 6) is -0.495. The Hall–Kier alpha value is -2.12. The van der Waals surface area contributed by atoms with E-state index in [9.17, 15) is 14.4 Å². The minimum absolute atomic E-state index is 0.0426. The van der Waals surface area contributed by atoms with Gasteiger partial charge in [-0.15, -0.1) is 0 Å². The molecule has 4 amide bonds. The summed E-state index contributed by atoms with van der Waals surface area (Å²) in [7, 11) is 1.56. The maximum absolute atomic E-state index is 12.4. The topological polar surface area (TPSA) is 64.2 Å². The van der Waals surface area contributed by atoms with Crippen molar-refractivity contribution in [1.82, 2.24) is 19.6 Å². The van der Waals surface area contributed by atoms with E-state index in [2.05, 4.69) is 4.90 Å². The van der Waals surface area contributed by atoms with Gasteiger partial charge in [0.1, 0.15) is 13.1 Å². The molecule has 1 aromatic rings. The monoisotopic (exact) mass is 364 g/mol. The molecule has 0 bridgehead atoms. The van der Waals surface area contributed by atoms with E-state index in [0.717, 1.165) is 29.6 Å². The predicted octanol–water partition coefficient (Wildman–Crippen LogP) is 0.878. The van der Waals surface area contributed by atoms with Crippen LogP contribution in [0, 0.1) is 0 Å². The van der Waals surface area contributed by atoms with Crippen molar-refractivity contribution >= 4 is 29.4 Å². The first-order valence-electron chi connectivity index (χ1n) is 8.24. The molecule has 2 aliphatic rings. The maximum atomic E-state index is 12.4. The van der Waals surface area contributed by atoms with Crippen molar-refractivity contribution in [2.75, 3.05) is 46.3 Å². The molecule has 2 fully saturated rings. The number of piperazine rings is 1. The molecule has 0 N–H and O–H groups in total. The summed E-state index contributed by atoms with van der Waals surface area (Å²) in [6, 6.07) is 7.34. The smallest absolute Gasteiger partial charge is 0.327 e. The van der Waals surface area contributed by atoms with E-state index in [4.69, 9.17) is 11.6 Å². The Balaban J connectivity index is 1.48. The second-order valence-electron chi connectivity index (χ2n) is 6.40. The molecule has 134 valence electrons. The van der Waals surface area contributed by atoms with Crippen molar-refractivity contribution in [3.63, 3.8) is 0 Å². The Kier molecular flexibility index (Phi) is 5.24. The van der Waals surface area contributed by atoms with E-state index in [-0.39, 0.29) is 24.9 Å². The SMILES string of the molecule is CN1CC(=O)N(CC(=O)N2CCN(Cc3ccc(Cl)cc3)CC2)C1=O. The number of benzene rings is 1. The van der Waals surface area contributed by atoms with E-state index < -0.39 is 6.03 Å². The number of carbonyl (C=O) groups is 3. The van der Waals surface area contributed by atoms with Crippen LogP contribution in [0.1, 0.15) is 5.56 Å². The third-order valence-corrected chi connectivity index (χ3v) is 4.82. The molecule has 2 heterocycles. The second-order valence-corrected chi connectivity index (χ2v) is 6.84. The van der Waals surface area contributed by atoms with Crippen LogP contribution in [0.4, 0.5) is 4.79 Å². The van der Waals surface area contributed by atoms with E-state index in [1.807, 2.05) is 24.3 Å². The van der Waals surface area contributed by atoms with Crippen molar-refractivity contribution in [1.29, 1.82) is 0 Å². The normalized spacial score (nSPS) is 19.0. The highest BCUT2D eigenvalue weighted by Gasteiger charge is 2.36. The zero-order chi connectivity index (χ0) is 18.0. The molecule has 0 spiro atoms. The van der Waals surface area contributed by atoms with Gasteiger partial charge < -0.3 is 9.80 Å². The molecule has 0 unspecified atom stereocenters. The number of likely N-dealkylation sites (N-methyl/N-ethyl adjacent to an activating group) is 1. The Morgan fingerprint density at radius 1 is 1.08 bits per heavy atom. The average Bonchev–Trinajstić information content (AvgIpc) is 2.84. The number of halogens is 1. The van der Waals surface area contributed by atoms with Crippen LogP contribution in [-0.4, -0.2) is 83.8 Å². The van der Waals surface area contributed by atoms with Crippen molar-refractivity contribution in [2.24, 2.45) is 0 Å². The van der Waals surface area contributed by atoms with Gasteiger partial charge in [-0.2, -0.15) is 0 Å². The summed E-state index contributed by atoms with van der Waals surface area (Å²) >= 11 is 5.90. The number of rotatable bonds is 4. The van der Waals surface area contributed by atoms with Crippen LogP contribution in [0.3, 0.4) is 0 Å². The van der Waals surface area contributed by atoms with E-state index >= 15 is 0 Å². The van der Waals surface area contributed by atoms with Crippen LogP contribution in [-0.2, 0) is 16.1 Å². The molecule has 25 heavy (non-hydrogen) atoms. The summed E-state index contributed by atoms with van der Waals surface area (Å²) in [5.41, 5.74) is 1.18. The van der Waals surface area contributed by atoms with Gasteiger partial charge in [0.15, 0.2) is 0 Å². The summed E-state index contributed by atoms with van der Waals surface area (Å²) in [6.45, 7) is 3.40. The van der Waals surface area contributed by atoms with Crippen LogP contribution in [0.2, 0.25) is 5.02 Å². The molecule has 2 aliphatic heterocycles. The molecule has 2 saturated heterocycles. The van der Waals surface area contributed by atoms with Crippen LogP contribution in [0.5, 0.6) is 0 Å². The summed E-state index contributed by atoms with van der Waals surface area (Å²) in [4.78, 5) is 42.3. The van der Waals surface area contributed by atoms with Crippen molar-refractivity contribution < 1.29 is 14.4 Å². The highest BCUT2D eigenvalue weighted by molar-refractivity contribution is 6.30. The first-order valence-corrected chi connectivity index (χ1v) is 8.62. The number of carbonyl (C=O) groups excluding carboxylic acids is 3. The summed E-state index contributed by atoms with van der Waals surface area (Å²) in [6.07, 6.45) is 0. The van der Waals surface area contributed by atoms with Crippen LogP contribution in [0.25, 0.3) is 0 Å². The van der Waals surface area contributed by atoms with Gasteiger partial charge in [-0.25, -0.2) is 4.79 Å². The van der Waals surface area contributed by atoms with Crippen molar-refractivity contribution in [3.05, 3.63) is 34.9 Å². The minimum Gasteiger partial charge on any atom is -0.339 e. The summed E-state index contributed by atoms with van der Waals surface area (Å²) in [5, 5.41) is 0.718. The largest absolute Gasteiger partial charge is 0.339 e. The Morgan fingerprint density at radius 2 is 1.72 bits per heavy atom. The highest BCUT2D eigenvalue weighted by Crippen LogP contribution is 2.14. The van der Waals surface area contributed by atoms with Gasteiger partial charge in [0.05, 0.1) is 0 Å². The fourth-order valence-electron chi connectivity index (χ4n) is 3.06. The lowest BCUT2D eigenvalue weighted by molar-refractivity contribution is -0.137. The minimum atomic E-state index is -0.403. The van der Waals surface area contributed by atoms with Gasteiger partial charge in [-0.05, 0) is 17.7 Å². The Morgan fingerprint density at radius 3 is 2.28 bits per heavy atom. The lowest BCUT2D eigenvalue weighted by Gasteiger charge is -2.35. The fourth-order valence-corrected chi connectivity index (χ4v) is 3.19. The number of hydrogen-bond acceptors (Lipinski definition) is 4. The number of hydrogen-bond donors (Lipinski definition) is 0. The molecule has 0 aromatic heterocycles. The van der Waals surface area contributed by atoms with Gasteiger partial charge in [0, 0.05) is 44.8 Å². The van der Waals surface area contributed by atoms with Gasteiger partial charge in [0.2, 0.25) is 5.91 Å². The highest BCUT2D eigenvalue weighted by atomic mass is 35.5. The van der Waals surface area contributed by atoms with E-state index in [1.165, 1.54) is 10.5 Å². The molecule has 1 aromatic carbocycles. The molecule has 7 nitrogen and oxygen atoms in total. The molecular weight excluding hydrogens is 344 g/mol. The standard InChI is InChI=1S/C17H21ClN4O3/c1-19-11-16(24)22(17(19)25)12-15(23)21-8-6-20(7-9-21)10-13-2-4-14(18)5-3-13/h2-5H,6-12H2,1H3. The lowest BCUT2D eigenvalue weighted by Crippen LogP contribution is -2.51. The number of imide groups is 1. The van der Waals surface area contributed by atoms with E-state index in [1.54, 1.807) is 11.9 Å². The predicted molar refractivity (Wildman–Crippen MR) is 93.0 cm³/mol. The van der Waals surface area contributed by atoms with Gasteiger partial charge >= 0.3 is 6.03 Å². The third-order valence-electron chi connectivity index (χ3n) is 4.57. The van der Waals surface area contributed by atoms with Gasteiger partial charge in [-0.1, -0.05) is 23.7 Å². The molecular formula is C17H21ClN4O3. The third kappa shape index (κ3) is 4.11. The van der Waals surface area contributed by atoms with Crippen molar-refractivity contribution in [2.45, 2.75) is 6.54 Å². The summed E-state index contributed by atoms with van der Waals surface area (Å²) < 4.78 is 0.